The van der Waals surface area contributed by atoms with Crippen molar-refractivity contribution in [1.29, 1.82) is 0 Å². The quantitative estimate of drug-likeness (QED) is 0.831. The van der Waals surface area contributed by atoms with Crippen LogP contribution in [0.5, 0.6) is 0 Å². The molecule has 1 aliphatic rings. The van der Waals surface area contributed by atoms with Gasteiger partial charge in [-0.25, -0.2) is 4.79 Å². The Morgan fingerprint density at radius 3 is 2.79 bits per heavy atom. The number of hydrogen-bond acceptors (Lipinski definition) is 5. The van der Waals surface area contributed by atoms with Gasteiger partial charge in [-0.2, -0.15) is 4.39 Å². The maximum Gasteiger partial charge on any atom is 0.330 e. The summed E-state index contributed by atoms with van der Waals surface area (Å²) in [5, 5.41) is 9.44. The molecule has 0 radical (unpaired) electrons. The maximum atomic E-state index is 13.4. The minimum Gasteiger partial charge on any atom is -0.394 e. The van der Waals surface area contributed by atoms with Gasteiger partial charge >= 0.3 is 5.69 Å². The van der Waals surface area contributed by atoms with Gasteiger partial charge in [0.25, 0.3) is 5.56 Å². The molecule has 24 heavy (non-hydrogen) atoms. The number of aliphatic hydroxyl groups is 1. The second kappa shape index (κ2) is 7.08. The van der Waals surface area contributed by atoms with E-state index in [1.54, 1.807) is 0 Å². The molecule has 0 saturated carbocycles. The van der Waals surface area contributed by atoms with Crippen molar-refractivity contribution in [2.45, 2.75) is 31.5 Å². The first kappa shape index (κ1) is 16.6. The van der Waals surface area contributed by atoms with Crippen LogP contribution in [0.1, 0.15) is 18.2 Å². The van der Waals surface area contributed by atoms with Gasteiger partial charge in [-0.1, -0.05) is 30.3 Å². The standard InChI is InChI=1S/C16H17FN2O5/c17-11-7-19(16(22)18-15(11)21)14-6-12(13(8-20)24-14)23-9-10-4-2-1-3-5-10/h1-5,7,12-14,20H,6,8-9H2,(H,18,21,22)/t12-,13+,14+/m0/s1. The van der Waals surface area contributed by atoms with Crippen LogP contribution in [0.4, 0.5) is 4.39 Å². The second-order valence-corrected chi connectivity index (χ2v) is 5.53. The van der Waals surface area contributed by atoms with Crippen LogP contribution in [-0.2, 0) is 16.1 Å². The van der Waals surface area contributed by atoms with E-state index in [0.717, 1.165) is 16.3 Å². The van der Waals surface area contributed by atoms with Crippen LogP contribution in [0.25, 0.3) is 0 Å². The fourth-order valence-electron chi connectivity index (χ4n) is 2.66. The molecule has 3 atom stereocenters. The number of aliphatic hydroxyl groups excluding tert-OH is 1. The highest BCUT2D eigenvalue weighted by Crippen LogP contribution is 2.30. The highest BCUT2D eigenvalue weighted by atomic mass is 19.1. The van der Waals surface area contributed by atoms with E-state index in [9.17, 15) is 19.1 Å². The Morgan fingerprint density at radius 1 is 1.33 bits per heavy atom. The van der Waals surface area contributed by atoms with Gasteiger partial charge in [0.1, 0.15) is 12.3 Å². The molecule has 1 saturated heterocycles. The lowest BCUT2D eigenvalue weighted by Gasteiger charge is -2.16. The van der Waals surface area contributed by atoms with E-state index in [-0.39, 0.29) is 13.0 Å². The number of nitrogens with one attached hydrogen (secondary N) is 1. The number of aromatic nitrogens is 2. The summed E-state index contributed by atoms with van der Waals surface area (Å²) >= 11 is 0. The molecule has 0 spiro atoms. The third-order valence-electron chi connectivity index (χ3n) is 3.90. The average Bonchev–Trinajstić information content (AvgIpc) is 3.00. The van der Waals surface area contributed by atoms with Gasteiger partial charge < -0.3 is 14.6 Å². The Bertz CT molecular complexity index is 804. The van der Waals surface area contributed by atoms with Crippen LogP contribution in [0.2, 0.25) is 0 Å². The van der Waals surface area contributed by atoms with Crippen molar-refractivity contribution in [1.82, 2.24) is 9.55 Å². The summed E-state index contributed by atoms with van der Waals surface area (Å²) in [7, 11) is 0. The lowest BCUT2D eigenvalue weighted by Crippen LogP contribution is -2.34. The molecule has 1 aliphatic heterocycles. The number of halogens is 1. The fraction of sp³-hybridized carbons (Fsp3) is 0.375. The van der Waals surface area contributed by atoms with Crippen molar-refractivity contribution in [3.05, 3.63) is 68.7 Å². The van der Waals surface area contributed by atoms with E-state index in [0.29, 0.717) is 6.61 Å². The zero-order valence-corrected chi connectivity index (χ0v) is 12.7. The van der Waals surface area contributed by atoms with Crippen LogP contribution in [-0.4, -0.2) is 33.5 Å². The molecule has 0 bridgehead atoms. The molecule has 7 nitrogen and oxygen atoms in total. The molecule has 0 amide bonds. The molecule has 2 heterocycles. The topological polar surface area (TPSA) is 93.6 Å². The Labute approximate surface area is 136 Å². The number of nitrogens with zero attached hydrogens (tertiary/aromatic N) is 1. The van der Waals surface area contributed by atoms with Crippen molar-refractivity contribution in [3.63, 3.8) is 0 Å². The third-order valence-corrected chi connectivity index (χ3v) is 3.90. The van der Waals surface area contributed by atoms with Gasteiger partial charge in [-0.3, -0.25) is 14.3 Å². The van der Waals surface area contributed by atoms with E-state index >= 15 is 0 Å². The van der Waals surface area contributed by atoms with E-state index in [2.05, 4.69) is 0 Å². The zero-order chi connectivity index (χ0) is 17.1. The first-order chi connectivity index (χ1) is 11.6. The Hall–Kier alpha value is -2.29. The third kappa shape index (κ3) is 3.45. The van der Waals surface area contributed by atoms with Gasteiger partial charge in [-0.05, 0) is 5.56 Å². The SMILES string of the molecule is O=c1[nH]c(=O)n([C@H]2C[C@H](OCc3ccccc3)[C@@H](CO)O2)cc1F. The first-order valence-corrected chi connectivity index (χ1v) is 7.51. The lowest BCUT2D eigenvalue weighted by atomic mass is 10.1. The van der Waals surface area contributed by atoms with Crippen LogP contribution >= 0.6 is 0 Å². The van der Waals surface area contributed by atoms with Crippen molar-refractivity contribution >= 4 is 0 Å². The molecule has 2 aromatic rings. The highest BCUT2D eigenvalue weighted by molar-refractivity contribution is 5.13. The summed E-state index contributed by atoms with van der Waals surface area (Å²) < 4.78 is 25.7. The van der Waals surface area contributed by atoms with Crippen molar-refractivity contribution in [2.75, 3.05) is 6.61 Å². The van der Waals surface area contributed by atoms with Crippen molar-refractivity contribution < 1.29 is 19.0 Å². The molecular formula is C16H17FN2O5. The zero-order valence-electron chi connectivity index (χ0n) is 12.7. The number of H-pyrrole nitrogens is 1. The van der Waals surface area contributed by atoms with Crippen LogP contribution in [0, 0.1) is 5.82 Å². The molecule has 1 aromatic carbocycles. The number of benzene rings is 1. The van der Waals surface area contributed by atoms with E-state index in [1.165, 1.54) is 0 Å². The van der Waals surface area contributed by atoms with Crippen LogP contribution in [0.15, 0.2) is 46.1 Å². The van der Waals surface area contributed by atoms with Gasteiger partial charge in [0.05, 0.1) is 25.5 Å². The minimum absolute atomic E-state index is 0.253. The Morgan fingerprint density at radius 2 is 2.08 bits per heavy atom. The number of aromatic amines is 1. The second-order valence-electron chi connectivity index (χ2n) is 5.53. The van der Waals surface area contributed by atoms with E-state index in [1.807, 2.05) is 35.3 Å². The first-order valence-electron chi connectivity index (χ1n) is 7.51. The predicted molar refractivity (Wildman–Crippen MR) is 81.9 cm³/mol. The van der Waals surface area contributed by atoms with Crippen molar-refractivity contribution in [2.24, 2.45) is 0 Å². The number of hydrogen-bond donors (Lipinski definition) is 2. The smallest absolute Gasteiger partial charge is 0.330 e. The summed E-state index contributed by atoms with van der Waals surface area (Å²) in [5.41, 5.74) is -0.887. The summed E-state index contributed by atoms with van der Waals surface area (Å²) in [6, 6.07) is 9.48. The summed E-state index contributed by atoms with van der Waals surface area (Å²) in [6.45, 7) is 0.0313. The predicted octanol–water partition coefficient (Wildman–Crippen LogP) is 0.541. The number of ether oxygens (including phenoxy) is 2. The largest absolute Gasteiger partial charge is 0.394 e. The van der Waals surface area contributed by atoms with Crippen LogP contribution in [0.3, 0.4) is 0 Å². The Balaban J connectivity index is 1.73. The molecule has 0 aliphatic carbocycles. The normalized spacial score (nSPS) is 23.5. The molecular weight excluding hydrogens is 319 g/mol. The van der Waals surface area contributed by atoms with E-state index < -0.39 is 35.5 Å². The average molecular weight is 336 g/mol. The van der Waals surface area contributed by atoms with Gasteiger partial charge in [0, 0.05) is 6.42 Å². The van der Waals surface area contributed by atoms with E-state index in [4.69, 9.17) is 9.47 Å². The van der Waals surface area contributed by atoms with Crippen molar-refractivity contribution in [3.8, 4) is 0 Å². The molecule has 0 unspecified atom stereocenters. The molecule has 1 fully saturated rings. The highest BCUT2D eigenvalue weighted by Gasteiger charge is 2.37. The maximum absolute atomic E-state index is 13.4. The summed E-state index contributed by atoms with van der Waals surface area (Å²) in [4.78, 5) is 24.8. The van der Waals surface area contributed by atoms with Gasteiger partial charge in [0.2, 0.25) is 5.82 Å². The Kier molecular flexibility index (Phi) is 4.89. The van der Waals surface area contributed by atoms with Gasteiger partial charge in [-0.15, -0.1) is 0 Å². The minimum atomic E-state index is -1.08. The molecule has 2 N–H and O–H groups in total. The molecule has 128 valence electrons. The lowest BCUT2D eigenvalue weighted by molar-refractivity contribution is -0.0659. The van der Waals surface area contributed by atoms with Crippen LogP contribution < -0.4 is 11.2 Å². The van der Waals surface area contributed by atoms with Gasteiger partial charge in [0.15, 0.2) is 0 Å². The molecule has 8 heteroatoms. The fourth-order valence-corrected chi connectivity index (χ4v) is 2.66. The summed E-state index contributed by atoms with van der Waals surface area (Å²) in [5.74, 6) is -1.08. The number of rotatable bonds is 5. The summed E-state index contributed by atoms with van der Waals surface area (Å²) in [6.07, 6.45) is -0.854. The molecule has 3 rings (SSSR count). The molecule has 1 aromatic heterocycles. The monoisotopic (exact) mass is 336 g/mol.